The van der Waals surface area contributed by atoms with Crippen LogP contribution < -0.4 is 10.2 Å². The van der Waals surface area contributed by atoms with Crippen LogP contribution in [0.3, 0.4) is 0 Å². The summed E-state index contributed by atoms with van der Waals surface area (Å²) in [5.41, 5.74) is 1.50. The van der Waals surface area contributed by atoms with E-state index in [1.54, 1.807) is 27.0 Å². The van der Waals surface area contributed by atoms with E-state index in [0.29, 0.717) is 16.4 Å². The molecular weight excluding hydrogens is 456 g/mol. The highest BCUT2D eigenvalue weighted by molar-refractivity contribution is 7.13. The molecule has 5 rings (SSSR count). The fourth-order valence-corrected chi connectivity index (χ4v) is 5.78. The minimum atomic E-state index is -1.14. The molecule has 1 N–H and O–H groups in total. The number of fused-ring (bicyclic) bond motifs is 1. The molecule has 1 fully saturated rings. The summed E-state index contributed by atoms with van der Waals surface area (Å²) in [6, 6.07) is 11.4. The molecule has 6 nitrogen and oxygen atoms in total. The fraction of sp³-hybridized carbons (Fsp3) is 0.400. The Bertz CT molecular complexity index is 1200. The molecule has 1 aliphatic carbocycles. The van der Waals surface area contributed by atoms with Crippen molar-refractivity contribution < 1.29 is 9.59 Å². The third-order valence-electron chi connectivity index (χ3n) is 6.84. The zero-order valence-corrected chi connectivity index (χ0v) is 20.4. The largest absolute Gasteiger partial charge is 0.351 e. The van der Waals surface area contributed by atoms with Crippen LogP contribution >= 0.6 is 22.9 Å². The van der Waals surface area contributed by atoms with E-state index in [1.807, 2.05) is 49.6 Å². The Morgan fingerprint density at radius 3 is 2.73 bits per heavy atom. The Labute approximate surface area is 202 Å². The van der Waals surface area contributed by atoms with Gasteiger partial charge in [0.2, 0.25) is 5.91 Å². The summed E-state index contributed by atoms with van der Waals surface area (Å²) in [5.74, 6) is -0.399. The molecular formula is C25H27ClN4O2S. The highest BCUT2D eigenvalue weighted by Gasteiger charge is 2.49. The molecule has 2 aromatic heterocycles. The number of amides is 2. The zero-order valence-electron chi connectivity index (χ0n) is 18.8. The molecule has 3 aromatic rings. The second-order valence-corrected chi connectivity index (χ2v) is 10.5. The first-order valence-corrected chi connectivity index (χ1v) is 12.7. The monoisotopic (exact) mass is 482 g/mol. The van der Waals surface area contributed by atoms with Crippen LogP contribution in [-0.4, -0.2) is 33.2 Å². The molecule has 0 spiro atoms. The zero-order chi connectivity index (χ0) is 23.2. The van der Waals surface area contributed by atoms with Crippen molar-refractivity contribution in [2.75, 3.05) is 4.90 Å². The molecule has 1 atom stereocenters. The SMILES string of the molecule is Cc1c(Cl)cccc1N1C(=O)c2cc(-c3cccs3)nn2C[C@]1(C)C(=O)NC1CCCCC1. The predicted molar refractivity (Wildman–Crippen MR) is 132 cm³/mol. The summed E-state index contributed by atoms with van der Waals surface area (Å²) in [6.45, 7) is 3.98. The quantitative estimate of drug-likeness (QED) is 0.538. The van der Waals surface area contributed by atoms with Gasteiger partial charge in [0.05, 0.1) is 11.4 Å². The van der Waals surface area contributed by atoms with E-state index in [4.69, 9.17) is 16.7 Å². The number of hydrogen-bond donors (Lipinski definition) is 1. The van der Waals surface area contributed by atoms with E-state index in [0.717, 1.165) is 41.8 Å². The molecule has 1 aromatic carbocycles. The van der Waals surface area contributed by atoms with Crippen molar-refractivity contribution in [3.63, 3.8) is 0 Å². The summed E-state index contributed by atoms with van der Waals surface area (Å²) >= 11 is 8.00. The number of rotatable bonds is 4. The minimum absolute atomic E-state index is 0.140. The number of halogens is 1. The van der Waals surface area contributed by atoms with Crippen LogP contribution in [0.2, 0.25) is 5.02 Å². The standard InChI is InChI=1S/C25H27ClN4O2S/c1-16-18(26)10-6-11-20(16)30-23(31)21-14-19(22-12-7-13-33-22)28-29(21)15-25(30,2)24(32)27-17-8-4-3-5-9-17/h6-7,10-14,17H,3-5,8-9,15H2,1-2H3,(H,27,32)/t25-/m1/s1. The van der Waals surface area contributed by atoms with E-state index < -0.39 is 5.54 Å². The lowest BCUT2D eigenvalue weighted by Crippen LogP contribution is -2.65. The van der Waals surface area contributed by atoms with Gasteiger partial charge in [-0.25, -0.2) is 0 Å². The molecule has 0 unspecified atom stereocenters. The number of carbonyl (C=O) groups is 2. The Balaban J connectivity index is 1.59. The average Bonchev–Trinajstić information content (AvgIpc) is 3.47. The van der Waals surface area contributed by atoms with E-state index >= 15 is 0 Å². The molecule has 0 saturated heterocycles. The van der Waals surface area contributed by atoms with Gasteiger partial charge in [0.15, 0.2) is 0 Å². The maximum absolute atomic E-state index is 13.9. The van der Waals surface area contributed by atoms with Crippen LogP contribution in [0.1, 0.15) is 55.1 Å². The smallest absolute Gasteiger partial charge is 0.277 e. The normalized spacial score (nSPS) is 21.2. The van der Waals surface area contributed by atoms with Gasteiger partial charge in [-0.1, -0.05) is 43.0 Å². The number of thiophene rings is 1. The molecule has 0 bridgehead atoms. The molecule has 1 saturated carbocycles. The van der Waals surface area contributed by atoms with Gasteiger partial charge >= 0.3 is 0 Å². The first kappa shape index (κ1) is 22.2. The Hall–Kier alpha value is -2.64. The third kappa shape index (κ3) is 3.87. The predicted octanol–water partition coefficient (Wildman–Crippen LogP) is 5.44. The number of nitrogens with one attached hydrogen (secondary N) is 1. The summed E-state index contributed by atoms with van der Waals surface area (Å²) < 4.78 is 1.69. The molecule has 172 valence electrons. The first-order chi connectivity index (χ1) is 15.9. The number of nitrogens with zero attached hydrogens (tertiary/aromatic N) is 3. The lowest BCUT2D eigenvalue weighted by Gasteiger charge is -2.44. The number of hydrogen-bond acceptors (Lipinski definition) is 4. The highest BCUT2D eigenvalue weighted by atomic mass is 35.5. The number of carbonyl (C=O) groups excluding carboxylic acids is 2. The summed E-state index contributed by atoms with van der Waals surface area (Å²) in [4.78, 5) is 30.3. The van der Waals surface area contributed by atoms with Crippen LogP contribution in [0.15, 0.2) is 41.8 Å². The van der Waals surface area contributed by atoms with Crippen molar-refractivity contribution in [3.8, 4) is 10.6 Å². The molecule has 0 radical (unpaired) electrons. The average molecular weight is 483 g/mol. The van der Waals surface area contributed by atoms with E-state index in [-0.39, 0.29) is 24.4 Å². The van der Waals surface area contributed by atoms with E-state index in [9.17, 15) is 9.59 Å². The van der Waals surface area contributed by atoms with Crippen molar-refractivity contribution in [2.24, 2.45) is 0 Å². The van der Waals surface area contributed by atoms with Crippen molar-refractivity contribution in [2.45, 2.75) is 64.1 Å². The van der Waals surface area contributed by atoms with Crippen LogP contribution in [0.4, 0.5) is 5.69 Å². The van der Waals surface area contributed by atoms with Crippen molar-refractivity contribution >= 4 is 40.4 Å². The Kier molecular flexibility index (Phi) is 5.79. The lowest BCUT2D eigenvalue weighted by molar-refractivity contribution is -0.127. The summed E-state index contributed by atoms with van der Waals surface area (Å²) in [6.07, 6.45) is 5.39. The fourth-order valence-electron chi connectivity index (χ4n) is 4.93. The summed E-state index contributed by atoms with van der Waals surface area (Å²) in [7, 11) is 0. The first-order valence-electron chi connectivity index (χ1n) is 11.4. The van der Waals surface area contributed by atoms with Crippen LogP contribution in [0.25, 0.3) is 10.6 Å². The second kappa shape index (κ2) is 8.61. The van der Waals surface area contributed by atoms with Crippen LogP contribution in [0.5, 0.6) is 0 Å². The Morgan fingerprint density at radius 1 is 1.21 bits per heavy atom. The highest BCUT2D eigenvalue weighted by Crippen LogP contribution is 2.38. The van der Waals surface area contributed by atoms with Gasteiger partial charge in [0, 0.05) is 16.8 Å². The minimum Gasteiger partial charge on any atom is -0.351 e. The molecule has 2 aliphatic rings. The van der Waals surface area contributed by atoms with Gasteiger partial charge in [0.1, 0.15) is 16.9 Å². The maximum atomic E-state index is 13.9. The molecule has 33 heavy (non-hydrogen) atoms. The second-order valence-electron chi connectivity index (χ2n) is 9.16. The topological polar surface area (TPSA) is 67.2 Å². The number of anilines is 1. The Morgan fingerprint density at radius 2 is 2.00 bits per heavy atom. The lowest BCUT2D eigenvalue weighted by atomic mass is 9.90. The molecule has 2 amide bonds. The van der Waals surface area contributed by atoms with Crippen LogP contribution in [-0.2, 0) is 11.3 Å². The van der Waals surface area contributed by atoms with Crippen molar-refractivity contribution in [1.29, 1.82) is 0 Å². The van der Waals surface area contributed by atoms with E-state index in [2.05, 4.69) is 5.32 Å². The molecule has 3 heterocycles. The van der Waals surface area contributed by atoms with Gasteiger partial charge in [-0.2, -0.15) is 5.10 Å². The van der Waals surface area contributed by atoms with Gasteiger partial charge in [0.25, 0.3) is 5.91 Å². The van der Waals surface area contributed by atoms with Gasteiger partial charge in [-0.3, -0.25) is 19.2 Å². The molecule has 8 heteroatoms. The number of aromatic nitrogens is 2. The number of benzene rings is 1. The molecule has 1 aliphatic heterocycles. The maximum Gasteiger partial charge on any atom is 0.277 e. The van der Waals surface area contributed by atoms with Gasteiger partial charge in [-0.15, -0.1) is 11.3 Å². The van der Waals surface area contributed by atoms with Crippen molar-refractivity contribution in [3.05, 3.63) is 58.1 Å². The van der Waals surface area contributed by atoms with E-state index in [1.165, 1.54) is 6.42 Å². The van der Waals surface area contributed by atoms with Crippen LogP contribution in [0, 0.1) is 6.92 Å². The third-order valence-corrected chi connectivity index (χ3v) is 8.14. The van der Waals surface area contributed by atoms with Crippen molar-refractivity contribution in [1.82, 2.24) is 15.1 Å². The van der Waals surface area contributed by atoms with Gasteiger partial charge in [-0.05, 0) is 61.9 Å². The van der Waals surface area contributed by atoms with Gasteiger partial charge < -0.3 is 5.32 Å². The summed E-state index contributed by atoms with van der Waals surface area (Å²) in [5, 5.41) is 10.5.